The van der Waals surface area contributed by atoms with Gasteiger partial charge in [0.05, 0.1) is 5.02 Å². The number of likely N-dealkylation sites (tertiary alicyclic amines) is 1. The third-order valence-corrected chi connectivity index (χ3v) is 3.35. The molecule has 2 N–H and O–H groups in total. The van der Waals surface area contributed by atoms with Crippen molar-refractivity contribution in [2.75, 3.05) is 13.1 Å². The zero-order chi connectivity index (χ0) is 11.5. The highest BCUT2D eigenvalue weighted by Crippen LogP contribution is 2.20. The predicted molar refractivity (Wildman–Crippen MR) is 71.1 cm³/mol. The van der Waals surface area contributed by atoms with Gasteiger partial charge in [0.25, 0.3) is 0 Å². The molecule has 0 unspecified atom stereocenters. The van der Waals surface area contributed by atoms with Crippen LogP contribution in [0.3, 0.4) is 0 Å². The van der Waals surface area contributed by atoms with Crippen molar-refractivity contribution < 1.29 is 4.39 Å². The van der Waals surface area contributed by atoms with Crippen molar-refractivity contribution in [2.24, 2.45) is 5.73 Å². The van der Waals surface area contributed by atoms with Crippen LogP contribution in [0.15, 0.2) is 18.2 Å². The minimum atomic E-state index is -0.293. The largest absolute Gasteiger partial charge is 0.328 e. The van der Waals surface area contributed by atoms with Gasteiger partial charge in [-0.3, -0.25) is 4.90 Å². The number of rotatable bonds is 2. The fraction of sp³-hybridized carbons (Fsp3) is 0.500. The average Bonchev–Trinajstić information content (AvgIpc) is 2.28. The van der Waals surface area contributed by atoms with Gasteiger partial charge in [-0.15, -0.1) is 12.4 Å². The third kappa shape index (κ3) is 3.81. The van der Waals surface area contributed by atoms with Gasteiger partial charge in [-0.25, -0.2) is 4.39 Å². The van der Waals surface area contributed by atoms with Crippen LogP contribution in [0.4, 0.5) is 4.39 Å². The quantitative estimate of drug-likeness (QED) is 0.902. The molecule has 1 aliphatic rings. The Morgan fingerprint density at radius 2 is 2.00 bits per heavy atom. The lowest BCUT2D eigenvalue weighted by Gasteiger charge is -2.30. The topological polar surface area (TPSA) is 29.3 Å². The summed E-state index contributed by atoms with van der Waals surface area (Å²) in [6, 6.07) is 5.46. The zero-order valence-electron chi connectivity index (χ0n) is 9.53. The first-order valence-corrected chi connectivity index (χ1v) is 5.95. The van der Waals surface area contributed by atoms with Crippen LogP contribution in [0.2, 0.25) is 5.02 Å². The van der Waals surface area contributed by atoms with E-state index in [9.17, 15) is 4.39 Å². The third-order valence-electron chi connectivity index (χ3n) is 3.06. The highest BCUT2D eigenvalue weighted by molar-refractivity contribution is 6.30. The molecule has 0 aromatic heterocycles. The second-order valence-corrected chi connectivity index (χ2v) is 4.73. The fourth-order valence-corrected chi connectivity index (χ4v) is 2.22. The number of halogens is 3. The van der Waals surface area contributed by atoms with Gasteiger partial charge in [0.15, 0.2) is 0 Å². The van der Waals surface area contributed by atoms with Crippen LogP contribution in [-0.4, -0.2) is 24.0 Å². The Morgan fingerprint density at radius 1 is 1.35 bits per heavy atom. The molecular formula is C12H17Cl2FN2. The average molecular weight is 279 g/mol. The number of nitrogens with zero attached hydrogens (tertiary/aromatic N) is 1. The summed E-state index contributed by atoms with van der Waals surface area (Å²) in [5.74, 6) is -0.293. The summed E-state index contributed by atoms with van der Waals surface area (Å²) in [7, 11) is 0. The maximum Gasteiger partial charge on any atom is 0.146 e. The van der Waals surface area contributed by atoms with Gasteiger partial charge in [-0.2, -0.15) is 0 Å². The number of hydrogen-bond acceptors (Lipinski definition) is 2. The van der Waals surface area contributed by atoms with Crippen molar-refractivity contribution in [2.45, 2.75) is 25.4 Å². The number of nitrogens with two attached hydrogens (primary N) is 1. The number of piperidine rings is 1. The number of benzene rings is 1. The summed E-state index contributed by atoms with van der Waals surface area (Å²) in [5, 5.41) is 0.200. The molecule has 0 radical (unpaired) electrons. The molecule has 0 aliphatic carbocycles. The molecule has 0 atom stereocenters. The van der Waals surface area contributed by atoms with Crippen LogP contribution in [0.5, 0.6) is 0 Å². The molecule has 2 rings (SSSR count). The summed E-state index contributed by atoms with van der Waals surface area (Å²) in [4.78, 5) is 2.22. The summed E-state index contributed by atoms with van der Waals surface area (Å²) in [6.45, 7) is 2.50. The first-order chi connectivity index (χ1) is 7.66. The number of hydrogen-bond donors (Lipinski definition) is 1. The Morgan fingerprint density at radius 3 is 2.65 bits per heavy atom. The lowest BCUT2D eigenvalue weighted by Crippen LogP contribution is -2.39. The molecule has 1 aliphatic heterocycles. The molecule has 17 heavy (non-hydrogen) atoms. The Labute approximate surface area is 112 Å². The van der Waals surface area contributed by atoms with E-state index in [-0.39, 0.29) is 23.2 Å². The SMILES string of the molecule is Cl.NC1CCN(Cc2cccc(Cl)c2F)CC1. The van der Waals surface area contributed by atoms with E-state index in [4.69, 9.17) is 17.3 Å². The van der Waals surface area contributed by atoms with Gasteiger partial charge < -0.3 is 5.73 Å². The minimum absolute atomic E-state index is 0. The maximum atomic E-state index is 13.7. The first-order valence-electron chi connectivity index (χ1n) is 5.57. The highest BCUT2D eigenvalue weighted by Gasteiger charge is 2.17. The van der Waals surface area contributed by atoms with E-state index < -0.39 is 0 Å². The van der Waals surface area contributed by atoms with Crippen LogP contribution in [0.25, 0.3) is 0 Å². The van der Waals surface area contributed by atoms with Gasteiger partial charge in [0, 0.05) is 18.2 Å². The summed E-state index contributed by atoms with van der Waals surface area (Å²) < 4.78 is 13.7. The van der Waals surface area contributed by atoms with Crippen LogP contribution >= 0.6 is 24.0 Å². The molecule has 96 valence electrons. The van der Waals surface area contributed by atoms with Crippen molar-refractivity contribution in [1.29, 1.82) is 0 Å². The van der Waals surface area contributed by atoms with Crippen LogP contribution in [0, 0.1) is 5.82 Å². The standard InChI is InChI=1S/C12H16ClFN2.ClH/c13-11-3-1-2-9(12(11)14)8-16-6-4-10(15)5-7-16;/h1-3,10H,4-8,15H2;1H. The molecular weight excluding hydrogens is 262 g/mol. The van der Waals surface area contributed by atoms with Crippen LogP contribution in [-0.2, 0) is 6.54 Å². The van der Waals surface area contributed by atoms with Crippen molar-refractivity contribution >= 4 is 24.0 Å². The van der Waals surface area contributed by atoms with Crippen molar-refractivity contribution in [3.8, 4) is 0 Å². The lowest BCUT2D eigenvalue weighted by molar-refractivity contribution is 0.203. The summed E-state index contributed by atoms with van der Waals surface area (Å²) in [6.07, 6.45) is 1.98. The van der Waals surface area contributed by atoms with Crippen molar-refractivity contribution in [3.63, 3.8) is 0 Å². The maximum absolute atomic E-state index is 13.7. The molecule has 1 fully saturated rings. The summed E-state index contributed by atoms with van der Waals surface area (Å²) >= 11 is 5.74. The molecule has 1 saturated heterocycles. The second kappa shape index (κ2) is 6.55. The van der Waals surface area contributed by atoms with Crippen LogP contribution in [0.1, 0.15) is 18.4 Å². The van der Waals surface area contributed by atoms with Gasteiger partial charge in [0.1, 0.15) is 5.82 Å². The molecule has 0 amide bonds. The first kappa shape index (κ1) is 14.7. The molecule has 5 heteroatoms. The van der Waals surface area contributed by atoms with Gasteiger partial charge in [-0.1, -0.05) is 23.7 Å². The molecule has 1 heterocycles. The second-order valence-electron chi connectivity index (χ2n) is 4.33. The molecule has 0 bridgehead atoms. The zero-order valence-corrected chi connectivity index (χ0v) is 11.1. The van der Waals surface area contributed by atoms with Crippen LogP contribution < -0.4 is 5.73 Å². The normalized spacial score (nSPS) is 17.8. The molecule has 0 spiro atoms. The van der Waals surface area contributed by atoms with E-state index in [0.717, 1.165) is 25.9 Å². The van der Waals surface area contributed by atoms with E-state index >= 15 is 0 Å². The molecule has 2 nitrogen and oxygen atoms in total. The van der Waals surface area contributed by atoms with E-state index in [1.807, 2.05) is 0 Å². The van der Waals surface area contributed by atoms with Gasteiger partial charge >= 0.3 is 0 Å². The van der Waals surface area contributed by atoms with Crippen molar-refractivity contribution in [1.82, 2.24) is 4.90 Å². The van der Waals surface area contributed by atoms with E-state index in [1.54, 1.807) is 18.2 Å². The fourth-order valence-electron chi connectivity index (χ4n) is 2.02. The molecule has 0 saturated carbocycles. The monoisotopic (exact) mass is 278 g/mol. The summed E-state index contributed by atoms with van der Waals surface area (Å²) in [5.41, 5.74) is 6.49. The minimum Gasteiger partial charge on any atom is -0.328 e. The van der Waals surface area contributed by atoms with E-state index in [0.29, 0.717) is 18.2 Å². The van der Waals surface area contributed by atoms with Crippen molar-refractivity contribution in [3.05, 3.63) is 34.6 Å². The smallest absolute Gasteiger partial charge is 0.146 e. The lowest BCUT2D eigenvalue weighted by atomic mass is 10.1. The van der Waals surface area contributed by atoms with E-state index in [1.165, 1.54) is 0 Å². The Balaban J connectivity index is 0.00000144. The Hall–Kier alpha value is -0.350. The Bertz CT molecular complexity index is 366. The highest BCUT2D eigenvalue weighted by atomic mass is 35.5. The molecule has 1 aromatic rings. The Kier molecular flexibility index (Phi) is 5.67. The van der Waals surface area contributed by atoms with Gasteiger partial charge in [0.2, 0.25) is 0 Å². The predicted octanol–water partition coefficient (Wildman–Crippen LogP) is 2.82. The van der Waals surface area contributed by atoms with E-state index in [2.05, 4.69) is 4.90 Å². The van der Waals surface area contributed by atoms with Gasteiger partial charge in [-0.05, 0) is 32.0 Å². The molecule has 1 aromatic carbocycles.